The number of nitrogens with zero attached hydrogens (tertiary/aromatic N) is 2. The van der Waals surface area contributed by atoms with E-state index in [4.69, 9.17) is 5.11 Å². The third-order valence-corrected chi connectivity index (χ3v) is 3.81. The van der Waals surface area contributed by atoms with Gasteiger partial charge in [0.2, 0.25) is 0 Å². The second kappa shape index (κ2) is 6.04. The molecule has 0 atom stereocenters. The van der Waals surface area contributed by atoms with Crippen molar-refractivity contribution >= 4 is 12.0 Å². The van der Waals surface area contributed by atoms with Gasteiger partial charge in [-0.05, 0) is 33.4 Å². The minimum absolute atomic E-state index is 0.0251. The number of hydrogen-bond acceptors (Lipinski definition) is 3. The molecule has 0 saturated heterocycles. The molecule has 1 rings (SSSR count). The van der Waals surface area contributed by atoms with Crippen molar-refractivity contribution in [3.63, 3.8) is 0 Å². The van der Waals surface area contributed by atoms with Crippen molar-refractivity contribution in [2.75, 3.05) is 34.2 Å². The predicted octanol–water partition coefficient (Wildman–Crippen LogP) is 0.587. The zero-order chi connectivity index (χ0) is 13.8. The van der Waals surface area contributed by atoms with E-state index in [9.17, 15) is 9.59 Å². The molecule has 6 nitrogen and oxygen atoms in total. The summed E-state index contributed by atoms with van der Waals surface area (Å²) in [5.74, 6) is -0.890. The van der Waals surface area contributed by atoms with E-state index in [2.05, 4.69) is 10.2 Å². The molecule has 0 aromatic rings. The molecule has 2 amide bonds. The van der Waals surface area contributed by atoms with Crippen molar-refractivity contribution in [1.82, 2.24) is 15.1 Å². The molecule has 0 aromatic carbocycles. The lowest BCUT2D eigenvalue weighted by molar-refractivity contribution is -0.137. The molecule has 1 aliphatic carbocycles. The molecule has 1 saturated carbocycles. The van der Waals surface area contributed by atoms with Crippen LogP contribution in [0.25, 0.3) is 0 Å². The molecule has 2 N–H and O–H groups in total. The highest BCUT2D eigenvalue weighted by Gasteiger charge is 2.39. The minimum Gasteiger partial charge on any atom is -0.481 e. The second-order valence-corrected chi connectivity index (χ2v) is 5.20. The summed E-state index contributed by atoms with van der Waals surface area (Å²) in [6.07, 6.45) is 3.36. The summed E-state index contributed by atoms with van der Waals surface area (Å²) in [6, 6.07) is -0.204. The van der Waals surface area contributed by atoms with E-state index in [0.717, 1.165) is 12.8 Å². The first-order valence-electron chi connectivity index (χ1n) is 6.25. The van der Waals surface area contributed by atoms with Gasteiger partial charge in [-0.2, -0.15) is 0 Å². The fraction of sp³-hybridized carbons (Fsp3) is 0.833. The Kier molecular flexibility index (Phi) is 4.95. The van der Waals surface area contributed by atoms with Gasteiger partial charge in [0, 0.05) is 25.7 Å². The van der Waals surface area contributed by atoms with Gasteiger partial charge < -0.3 is 20.2 Å². The molecule has 0 unspecified atom stereocenters. The van der Waals surface area contributed by atoms with Crippen LogP contribution in [0.3, 0.4) is 0 Å². The number of hydrogen-bond donors (Lipinski definition) is 2. The first-order chi connectivity index (χ1) is 8.37. The summed E-state index contributed by atoms with van der Waals surface area (Å²) in [5, 5.41) is 11.4. The quantitative estimate of drug-likeness (QED) is 0.730. The van der Waals surface area contributed by atoms with Crippen LogP contribution in [0.5, 0.6) is 0 Å². The Morgan fingerprint density at radius 3 is 2.28 bits per heavy atom. The first kappa shape index (κ1) is 14.8. The molecule has 18 heavy (non-hydrogen) atoms. The van der Waals surface area contributed by atoms with E-state index in [0.29, 0.717) is 6.54 Å². The lowest BCUT2D eigenvalue weighted by Gasteiger charge is -2.47. The zero-order valence-corrected chi connectivity index (χ0v) is 11.4. The van der Waals surface area contributed by atoms with Gasteiger partial charge in [-0.1, -0.05) is 0 Å². The van der Waals surface area contributed by atoms with Crippen LogP contribution in [0.1, 0.15) is 25.7 Å². The Morgan fingerprint density at radius 2 is 1.89 bits per heavy atom. The van der Waals surface area contributed by atoms with E-state index < -0.39 is 5.97 Å². The van der Waals surface area contributed by atoms with Crippen LogP contribution in [0.2, 0.25) is 0 Å². The molecule has 0 spiro atoms. The van der Waals surface area contributed by atoms with Crippen LogP contribution in [0.4, 0.5) is 4.79 Å². The number of amides is 2. The molecule has 104 valence electrons. The Labute approximate surface area is 108 Å². The summed E-state index contributed by atoms with van der Waals surface area (Å²) in [7, 11) is 5.67. The normalized spacial score (nSPS) is 17.1. The summed E-state index contributed by atoms with van der Waals surface area (Å²) in [6.45, 7) is 0.854. The number of carbonyl (C=O) groups is 2. The molecular weight excluding hydrogens is 234 g/mol. The van der Waals surface area contributed by atoms with Gasteiger partial charge >= 0.3 is 12.0 Å². The fourth-order valence-electron chi connectivity index (χ4n) is 2.11. The fourth-order valence-corrected chi connectivity index (χ4v) is 2.11. The largest absolute Gasteiger partial charge is 0.481 e. The molecule has 0 aliphatic heterocycles. The van der Waals surface area contributed by atoms with Crippen molar-refractivity contribution in [3.05, 3.63) is 0 Å². The molecule has 6 heteroatoms. The van der Waals surface area contributed by atoms with Gasteiger partial charge in [0.25, 0.3) is 0 Å². The van der Waals surface area contributed by atoms with Crippen LogP contribution >= 0.6 is 0 Å². The molecule has 1 fully saturated rings. The number of carboxylic acid groups (broad SMARTS) is 1. The summed E-state index contributed by atoms with van der Waals surface area (Å²) < 4.78 is 0. The van der Waals surface area contributed by atoms with E-state index in [-0.39, 0.29) is 24.5 Å². The number of aliphatic carboxylic acids is 1. The molecule has 1 aliphatic rings. The van der Waals surface area contributed by atoms with Gasteiger partial charge in [0.05, 0.1) is 6.42 Å². The van der Waals surface area contributed by atoms with Gasteiger partial charge in [-0.15, -0.1) is 0 Å². The van der Waals surface area contributed by atoms with Crippen molar-refractivity contribution < 1.29 is 14.7 Å². The Morgan fingerprint density at radius 1 is 1.28 bits per heavy atom. The summed E-state index contributed by atoms with van der Waals surface area (Å²) in [4.78, 5) is 25.8. The number of rotatable bonds is 6. The molecule has 0 aromatic heterocycles. The lowest BCUT2D eigenvalue weighted by Crippen LogP contribution is -2.58. The first-order valence-corrected chi connectivity index (χ1v) is 6.25. The van der Waals surface area contributed by atoms with Crippen molar-refractivity contribution in [2.24, 2.45) is 0 Å². The Hall–Kier alpha value is -1.30. The van der Waals surface area contributed by atoms with Crippen LogP contribution < -0.4 is 5.32 Å². The van der Waals surface area contributed by atoms with Crippen LogP contribution in [-0.4, -0.2) is 66.7 Å². The highest BCUT2D eigenvalue weighted by atomic mass is 16.4. The monoisotopic (exact) mass is 257 g/mol. The average Bonchev–Trinajstić information content (AvgIpc) is 2.23. The average molecular weight is 257 g/mol. The van der Waals surface area contributed by atoms with Crippen LogP contribution in [0.15, 0.2) is 0 Å². The van der Waals surface area contributed by atoms with Crippen LogP contribution in [0, 0.1) is 0 Å². The lowest BCUT2D eigenvalue weighted by atomic mass is 9.75. The highest BCUT2D eigenvalue weighted by molar-refractivity contribution is 5.75. The van der Waals surface area contributed by atoms with E-state index in [1.807, 2.05) is 14.1 Å². The Bertz CT molecular complexity index is 314. The number of carboxylic acids is 1. The summed E-state index contributed by atoms with van der Waals surface area (Å²) >= 11 is 0. The second-order valence-electron chi connectivity index (χ2n) is 5.20. The van der Waals surface area contributed by atoms with Gasteiger partial charge in [-0.25, -0.2) is 4.79 Å². The number of nitrogens with one attached hydrogen (secondary N) is 1. The van der Waals surface area contributed by atoms with Crippen molar-refractivity contribution in [3.8, 4) is 0 Å². The van der Waals surface area contributed by atoms with E-state index >= 15 is 0 Å². The SMILES string of the molecule is CN(CCC(=O)O)C(=O)NCC1(N(C)C)CCC1. The maximum absolute atomic E-state index is 11.8. The Balaban J connectivity index is 2.33. The standard InChI is InChI=1S/C12H23N3O3/c1-14(2)12(6-4-7-12)9-13-11(18)15(3)8-5-10(16)17/h4-9H2,1-3H3,(H,13,18)(H,16,17). The van der Waals surface area contributed by atoms with Crippen LogP contribution in [-0.2, 0) is 4.79 Å². The van der Waals surface area contributed by atoms with Gasteiger partial charge in [-0.3, -0.25) is 4.79 Å². The van der Waals surface area contributed by atoms with Gasteiger partial charge in [0.15, 0.2) is 0 Å². The van der Waals surface area contributed by atoms with Gasteiger partial charge in [0.1, 0.15) is 0 Å². The van der Waals surface area contributed by atoms with E-state index in [1.54, 1.807) is 7.05 Å². The van der Waals surface area contributed by atoms with Crippen molar-refractivity contribution in [1.29, 1.82) is 0 Å². The van der Waals surface area contributed by atoms with Crippen molar-refractivity contribution in [2.45, 2.75) is 31.2 Å². The maximum Gasteiger partial charge on any atom is 0.317 e. The maximum atomic E-state index is 11.8. The molecule has 0 radical (unpaired) electrons. The highest BCUT2D eigenvalue weighted by Crippen LogP contribution is 2.35. The minimum atomic E-state index is -0.890. The molecular formula is C12H23N3O3. The predicted molar refractivity (Wildman–Crippen MR) is 68.6 cm³/mol. The smallest absolute Gasteiger partial charge is 0.317 e. The number of urea groups is 1. The van der Waals surface area contributed by atoms with E-state index in [1.165, 1.54) is 11.3 Å². The topological polar surface area (TPSA) is 72.9 Å². The number of carbonyl (C=O) groups excluding carboxylic acids is 1. The third-order valence-electron chi connectivity index (χ3n) is 3.81. The molecule has 0 bridgehead atoms. The summed E-state index contributed by atoms with van der Waals surface area (Å²) in [5.41, 5.74) is 0.0866. The number of likely N-dealkylation sites (N-methyl/N-ethyl adjacent to an activating group) is 1. The third kappa shape index (κ3) is 3.60. The zero-order valence-electron chi connectivity index (χ0n) is 11.4. The molecule has 0 heterocycles.